The molecule has 33 heavy (non-hydrogen) atoms. The van der Waals surface area contributed by atoms with E-state index in [9.17, 15) is 5.11 Å². The van der Waals surface area contributed by atoms with Crippen LogP contribution in [-0.2, 0) is 7.05 Å². The highest BCUT2D eigenvalue weighted by Gasteiger charge is 2.21. The Hall–Kier alpha value is -3.52. The van der Waals surface area contributed by atoms with Crippen molar-refractivity contribution in [2.24, 2.45) is 7.05 Å². The highest BCUT2D eigenvalue weighted by atomic mass is 16.5. The van der Waals surface area contributed by atoms with Gasteiger partial charge in [-0.3, -0.25) is 4.68 Å². The molecule has 1 aliphatic heterocycles. The molecule has 0 bridgehead atoms. The van der Waals surface area contributed by atoms with Crippen LogP contribution < -0.4 is 10.1 Å². The van der Waals surface area contributed by atoms with Crippen molar-refractivity contribution >= 4 is 10.9 Å². The fourth-order valence-corrected chi connectivity index (χ4v) is 3.52. The van der Waals surface area contributed by atoms with Gasteiger partial charge in [0.15, 0.2) is 5.52 Å². The lowest BCUT2D eigenvalue weighted by atomic mass is 9.98. The van der Waals surface area contributed by atoms with Gasteiger partial charge in [-0.05, 0) is 30.3 Å². The summed E-state index contributed by atoms with van der Waals surface area (Å²) in [7, 11) is 3.43. The number of aromatic hydroxyl groups is 1. The number of hydrogen-bond donors (Lipinski definition) is 2. The van der Waals surface area contributed by atoms with Gasteiger partial charge in [0.2, 0.25) is 5.88 Å². The van der Waals surface area contributed by atoms with E-state index in [4.69, 9.17) is 4.74 Å². The van der Waals surface area contributed by atoms with Crippen LogP contribution >= 0.6 is 0 Å². The van der Waals surface area contributed by atoms with Gasteiger partial charge in [0.25, 0.3) is 0 Å². The number of nitrogens with zero attached hydrogens (tertiary/aromatic N) is 5. The third-order valence-corrected chi connectivity index (χ3v) is 5.22. The molecule has 1 aromatic carbocycles. The summed E-state index contributed by atoms with van der Waals surface area (Å²) in [6.45, 7) is 9.87. The lowest BCUT2D eigenvalue weighted by molar-refractivity contribution is 0.402. The summed E-state index contributed by atoms with van der Waals surface area (Å²) >= 11 is 0. The lowest BCUT2D eigenvalue weighted by Gasteiger charge is -2.25. The van der Waals surface area contributed by atoms with Crippen LogP contribution in [-0.4, -0.2) is 50.3 Å². The monoisotopic (exact) mass is 448 g/mol. The fourth-order valence-electron chi connectivity index (χ4n) is 3.52. The highest BCUT2D eigenvalue weighted by molar-refractivity contribution is 5.87. The molecular formula is C25H32N6O2. The standard InChI is InChI=1S/C21H20N6O2.2C2H6/c1-27-11-13-7-18(23-21(29-2)20(13)26-27)12-3-4-15(19(28)8-12)17-6-5-16(24-25-17)14-9-22-10-14;2*1-2/h3-8,11,14,22,28H,9-10H2,1-2H3;2*1-2H3. The Bertz CT molecular complexity index is 1200. The van der Waals surface area contributed by atoms with Crippen LogP contribution in [0.5, 0.6) is 11.6 Å². The minimum absolute atomic E-state index is 0.127. The van der Waals surface area contributed by atoms with E-state index in [2.05, 4.69) is 25.6 Å². The summed E-state index contributed by atoms with van der Waals surface area (Å²) in [5.74, 6) is 1.01. The normalized spacial score (nSPS) is 12.8. The Kier molecular flexibility index (Phi) is 7.95. The smallest absolute Gasteiger partial charge is 0.242 e. The number of phenols is 1. The van der Waals surface area contributed by atoms with Crippen LogP contribution in [0.15, 0.2) is 42.6 Å². The summed E-state index contributed by atoms with van der Waals surface area (Å²) < 4.78 is 7.12. The maximum absolute atomic E-state index is 10.6. The average Bonchev–Trinajstić information content (AvgIpc) is 3.20. The number of aryl methyl sites for hydroxylation is 1. The summed E-state index contributed by atoms with van der Waals surface area (Å²) in [6.07, 6.45) is 1.91. The molecule has 0 saturated carbocycles. The third-order valence-electron chi connectivity index (χ3n) is 5.22. The predicted octanol–water partition coefficient (Wildman–Crippen LogP) is 4.55. The molecule has 0 radical (unpaired) electrons. The first-order valence-electron chi connectivity index (χ1n) is 11.4. The summed E-state index contributed by atoms with van der Waals surface area (Å²) in [4.78, 5) is 4.55. The molecule has 2 N–H and O–H groups in total. The number of aromatic nitrogens is 5. The SMILES string of the molecule is CC.CC.COc1nc(-c2ccc(-c3ccc(C4CNC4)nn3)c(O)c2)cc2cn(C)nc12. The zero-order valence-electron chi connectivity index (χ0n) is 20.1. The number of phenolic OH excluding ortho intramolecular Hbond substituents is 1. The van der Waals surface area contributed by atoms with Gasteiger partial charge in [0, 0.05) is 48.8 Å². The van der Waals surface area contributed by atoms with E-state index in [0.717, 1.165) is 29.7 Å². The summed E-state index contributed by atoms with van der Waals surface area (Å²) in [5.41, 5.74) is 4.43. The van der Waals surface area contributed by atoms with Crippen molar-refractivity contribution in [2.45, 2.75) is 33.6 Å². The molecule has 3 aromatic heterocycles. The molecule has 0 amide bonds. The molecule has 0 spiro atoms. The number of benzene rings is 1. The van der Waals surface area contributed by atoms with Crippen LogP contribution in [0.4, 0.5) is 0 Å². The van der Waals surface area contributed by atoms with Gasteiger partial charge in [0.1, 0.15) is 5.75 Å². The zero-order chi connectivity index (χ0) is 24.0. The van der Waals surface area contributed by atoms with Crippen molar-refractivity contribution in [3.8, 4) is 34.1 Å². The number of rotatable bonds is 4. The second-order valence-electron chi connectivity index (χ2n) is 7.19. The number of methoxy groups -OCH3 is 1. The van der Waals surface area contributed by atoms with E-state index in [1.165, 1.54) is 0 Å². The van der Waals surface area contributed by atoms with Crippen molar-refractivity contribution in [3.05, 3.63) is 48.3 Å². The quantitative estimate of drug-likeness (QED) is 0.473. The maximum atomic E-state index is 10.6. The van der Waals surface area contributed by atoms with Gasteiger partial charge >= 0.3 is 0 Å². The number of nitrogens with one attached hydrogen (secondary N) is 1. The third kappa shape index (κ3) is 4.96. The van der Waals surface area contributed by atoms with E-state index in [1.54, 1.807) is 17.9 Å². The van der Waals surface area contributed by atoms with Gasteiger partial charge in [-0.2, -0.15) is 15.3 Å². The molecule has 8 heteroatoms. The first kappa shape index (κ1) is 24.1. The molecule has 1 saturated heterocycles. The number of pyridine rings is 1. The first-order valence-corrected chi connectivity index (χ1v) is 11.4. The largest absolute Gasteiger partial charge is 0.507 e. The van der Waals surface area contributed by atoms with Crippen LogP contribution in [0.3, 0.4) is 0 Å². The molecule has 0 aliphatic carbocycles. The Labute approximate surface area is 194 Å². The Balaban J connectivity index is 0.000000728. The van der Waals surface area contributed by atoms with E-state index < -0.39 is 0 Å². The van der Waals surface area contributed by atoms with Gasteiger partial charge in [-0.15, -0.1) is 0 Å². The number of ether oxygens (including phenoxy) is 1. The number of fused-ring (bicyclic) bond motifs is 1. The van der Waals surface area contributed by atoms with E-state index >= 15 is 0 Å². The molecule has 4 heterocycles. The van der Waals surface area contributed by atoms with Crippen LogP contribution in [0.2, 0.25) is 0 Å². The average molecular weight is 449 g/mol. The number of hydrogen-bond acceptors (Lipinski definition) is 7. The fraction of sp³-hybridized carbons (Fsp3) is 0.360. The molecule has 0 atom stereocenters. The van der Waals surface area contributed by atoms with Crippen LogP contribution in [0.25, 0.3) is 33.4 Å². The molecule has 1 aliphatic rings. The molecule has 1 fully saturated rings. The van der Waals surface area contributed by atoms with Crippen molar-refractivity contribution in [1.29, 1.82) is 0 Å². The Morgan fingerprint density at radius 1 is 1.00 bits per heavy atom. The van der Waals surface area contributed by atoms with Crippen molar-refractivity contribution in [3.63, 3.8) is 0 Å². The van der Waals surface area contributed by atoms with E-state index in [0.29, 0.717) is 34.3 Å². The van der Waals surface area contributed by atoms with Crippen molar-refractivity contribution in [2.75, 3.05) is 20.2 Å². The first-order chi connectivity index (χ1) is 16.1. The summed E-state index contributed by atoms with van der Waals surface area (Å²) in [6, 6.07) is 11.2. The van der Waals surface area contributed by atoms with E-state index in [-0.39, 0.29) is 5.75 Å². The minimum Gasteiger partial charge on any atom is -0.507 e. The highest BCUT2D eigenvalue weighted by Crippen LogP contribution is 2.34. The zero-order valence-corrected chi connectivity index (χ0v) is 20.1. The molecule has 174 valence electrons. The van der Waals surface area contributed by atoms with E-state index in [1.807, 2.05) is 71.3 Å². The molecular weight excluding hydrogens is 416 g/mol. The molecule has 5 rings (SSSR count). The molecule has 0 unspecified atom stereocenters. The Morgan fingerprint density at radius 2 is 1.76 bits per heavy atom. The van der Waals surface area contributed by atoms with Crippen LogP contribution in [0.1, 0.15) is 39.3 Å². The second-order valence-corrected chi connectivity index (χ2v) is 7.19. The molecule has 8 nitrogen and oxygen atoms in total. The van der Waals surface area contributed by atoms with Gasteiger partial charge in [-0.1, -0.05) is 33.8 Å². The lowest BCUT2D eigenvalue weighted by Crippen LogP contribution is -2.40. The van der Waals surface area contributed by atoms with Crippen molar-refractivity contribution in [1.82, 2.24) is 30.3 Å². The topological polar surface area (TPSA) is 98.0 Å². The predicted molar refractivity (Wildman–Crippen MR) is 131 cm³/mol. The van der Waals surface area contributed by atoms with Crippen LogP contribution in [0, 0.1) is 0 Å². The van der Waals surface area contributed by atoms with Crippen molar-refractivity contribution < 1.29 is 9.84 Å². The second kappa shape index (κ2) is 10.9. The van der Waals surface area contributed by atoms with Gasteiger partial charge in [-0.25, -0.2) is 4.98 Å². The summed E-state index contributed by atoms with van der Waals surface area (Å²) in [5, 5.41) is 27.8. The van der Waals surface area contributed by atoms with Gasteiger partial charge < -0.3 is 15.2 Å². The van der Waals surface area contributed by atoms with Gasteiger partial charge in [0.05, 0.1) is 24.2 Å². The minimum atomic E-state index is 0.127. The molecule has 4 aromatic rings. The maximum Gasteiger partial charge on any atom is 0.242 e. The Morgan fingerprint density at radius 3 is 2.33 bits per heavy atom.